The third-order valence-electron chi connectivity index (χ3n) is 11.9. The van der Waals surface area contributed by atoms with Gasteiger partial charge in [0, 0.05) is 0 Å². The van der Waals surface area contributed by atoms with Crippen LogP contribution < -0.4 is 0 Å². The Kier molecular flexibility index (Phi) is 33.7. The fraction of sp³-hybridized carbons (Fsp3) is 0.980. The summed E-state index contributed by atoms with van der Waals surface area (Å²) in [6.07, 6.45) is 0.949. The van der Waals surface area contributed by atoms with Crippen molar-refractivity contribution < 1.29 is 91.8 Å². The lowest BCUT2D eigenvalue weighted by Gasteiger charge is -2.45. The molecule has 0 aliphatic carbocycles. The number of hydrogen-bond acceptors (Lipinski definition) is 22. The summed E-state index contributed by atoms with van der Waals surface area (Å²) in [6, 6.07) is 0. The first-order chi connectivity index (χ1) is 39.8. The number of rotatable bonds is 44. The van der Waals surface area contributed by atoms with Crippen molar-refractivity contribution in [1.82, 2.24) is 0 Å². The lowest BCUT2D eigenvalue weighted by atomic mass is 9.91. The lowest BCUT2D eigenvalue weighted by Crippen LogP contribution is -2.63. The van der Waals surface area contributed by atoms with Gasteiger partial charge in [0.1, 0.15) is 6.23 Å². The molecule has 0 aliphatic heterocycles. The van der Waals surface area contributed by atoms with Crippen LogP contribution in [0, 0.1) is 5.41 Å². The number of carbonyl (C=O) groups is 1. The van der Waals surface area contributed by atoms with Crippen molar-refractivity contribution in [2.75, 3.05) is 6.23 Å². The average molecular weight is 1690 g/mol. The molecule has 0 saturated heterocycles. The van der Waals surface area contributed by atoms with Crippen LogP contribution in [0.1, 0.15) is 27.2 Å². The molecule has 0 aliphatic rings. The van der Waals surface area contributed by atoms with E-state index < -0.39 is 185 Å². The Hall–Kier alpha value is 3.22. The summed E-state index contributed by atoms with van der Waals surface area (Å²) in [5.41, 5.74) is -0.547. The molecule has 0 aromatic heterocycles. The number of ether oxygens (including phenoxy) is 1. The molecule has 0 aromatic rings. The number of hydrogen-bond donors (Lipinski definition) is 0. The normalized spacial score (nSPS) is 16.0. The summed E-state index contributed by atoms with van der Waals surface area (Å²) in [5, 5.41) is 0. The van der Waals surface area contributed by atoms with Crippen LogP contribution in [-0.4, -0.2) is 191 Å². The van der Waals surface area contributed by atoms with Crippen molar-refractivity contribution in [3.05, 3.63) is 0 Å². The summed E-state index contributed by atoms with van der Waals surface area (Å²) in [5.74, 6) is -0.211. The van der Waals surface area contributed by atoms with Crippen molar-refractivity contribution in [2.24, 2.45) is 5.41 Å². The fourth-order valence-corrected chi connectivity index (χ4v) is 121. The monoisotopic (exact) mass is 1680 g/mol. The van der Waals surface area contributed by atoms with E-state index >= 15 is 0 Å². The summed E-state index contributed by atoms with van der Waals surface area (Å²) >= 11 is 0. The van der Waals surface area contributed by atoms with Gasteiger partial charge < -0.3 is 87.0 Å². The van der Waals surface area contributed by atoms with Crippen LogP contribution >= 0.6 is 0 Å². The molecular formula is C50H142O22Si21. The van der Waals surface area contributed by atoms with Gasteiger partial charge >= 0.3 is 169 Å². The predicted octanol–water partition coefficient (Wildman–Crippen LogP) is 17.2. The predicted molar refractivity (Wildman–Crippen MR) is 430 cm³/mol. The Morgan fingerprint density at radius 1 is 0.215 bits per heavy atom. The Bertz CT molecular complexity index is 2400. The van der Waals surface area contributed by atoms with Gasteiger partial charge in [-0.05, 0) is 302 Å². The second kappa shape index (κ2) is 32.5. The van der Waals surface area contributed by atoms with Gasteiger partial charge in [-0.15, -0.1) is 0 Å². The molecule has 0 atom stereocenters. The quantitative estimate of drug-likeness (QED) is 0.0410. The zero-order chi connectivity index (χ0) is 74.8. The Labute approximate surface area is 592 Å². The van der Waals surface area contributed by atoms with Gasteiger partial charge in [0.2, 0.25) is 8.32 Å². The maximum absolute atomic E-state index is 12.8. The molecule has 43 heteroatoms. The van der Waals surface area contributed by atoms with Gasteiger partial charge in [-0.25, -0.2) is 0 Å². The third-order valence-corrected chi connectivity index (χ3v) is 92.1. The van der Waals surface area contributed by atoms with E-state index in [9.17, 15) is 4.79 Å². The van der Waals surface area contributed by atoms with E-state index in [1.165, 1.54) is 0 Å². The molecule has 0 unspecified atom stereocenters. The first-order valence-corrected chi connectivity index (χ1v) is 93.1. The molecule has 0 amide bonds. The Morgan fingerprint density at radius 2 is 0.333 bits per heavy atom. The highest BCUT2D eigenvalue weighted by Crippen LogP contribution is 2.36. The molecule has 0 aromatic carbocycles. The number of carbonyl (C=O) groups excluding carboxylic acids is 1. The van der Waals surface area contributed by atoms with Crippen molar-refractivity contribution in [1.29, 1.82) is 0 Å². The van der Waals surface area contributed by atoms with Crippen molar-refractivity contribution >= 4 is 185 Å². The van der Waals surface area contributed by atoms with E-state index in [-0.39, 0.29) is 12.2 Å². The molecular weight excluding hydrogens is 1540 g/mol. The summed E-state index contributed by atoms with van der Waals surface area (Å²) in [6.45, 7) is 94.5. The van der Waals surface area contributed by atoms with Gasteiger partial charge in [-0.3, -0.25) is 4.79 Å². The molecule has 0 spiro atoms. The first-order valence-electron chi connectivity index (χ1n) is 33.0. The van der Waals surface area contributed by atoms with Crippen molar-refractivity contribution in [3.8, 4) is 0 Å². The molecule has 0 saturated carbocycles. The summed E-state index contributed by atoms with van der Waals surface area (Å²) < 4.78 is 143. The molecule has 0 bridgehead atoms. The third kappa shape index (κ3) is 43.3. The second-order valence-electron chi connectivity index (χ2n) is 35.3. The SMILES string of the molecule is CCC(C)(C)C(=O)OC[Si](C)(C)O[Si](C)(C)O[Si](C)(C)O[Si](C)(C)O[Si](C)(C)O[Si](C)(C)O[Si](C)(C)O[Si](C)(C)O[Si](C)(C)O[Si](C)(C)O[Si](C)(C)O[Si](C)(C)O[Si](C)(C)O[Si](C)(C)O[Si](C)(C)O[Si](C)(C)O[Si](C)(C)O[Si](C)(C)O[Si](C)(C)O[Si](C)(C)O[Si](C)(C)C. The van der Waals surface area contributed by atoms with Gasteiger partial charge in [0.25, 0.3) is 0 Å². The van der Waals surface area contributed by atoms with Crippen LogP contribution in [0.2, 0.25) is 282 Å². The maximum Gasteiger partial charge on any atom is 0.314 e. The minimum atomic E-state index is -2.89. The lowest BCUT2D eigenvalue weighted by molar-refractivity contribution is -0.152. The van der Waals surface area contributed by atoms with Crippen LogP contribution in [0.25, 0.3) is 0 Å². The van der Waals surface area contributed by atoms with Gasteiger partial charge in [0.05, 0.1) is 5.41 Å². The van der Waals surface area contributed by atoms with Crippen LogP contribution in [0.3, 0.4) is 0 Å². The van der Waals surface area contributed by atoms with E-state index in [0.29, 0.717) is 6.42 Å². The maximum atomic E-state index is 12.8. The van der Waals surface area contributed by atoms with Crippen LogP contribution in [0.5, 0.6) is 0 Å². The molecule has 0 rings (SSSR count). The van der Waals surface area contributed by atoms with E-state index in [0.717, 1.165) is 0 Å². The molecule has 558 valence electrons. The van der Waals surface area contributed by atoms with Gasteiger partial charge in [-0.2, -0.15) is 0 Å². The van der Waals surface area contributed by atoms with E-state index in [2.05, 4.69) is 164 Å². The van der Waals surface area contributed by atoms with Gasteiger partial charge in [-0.1, -0.05) is 6.92 Å². The molecule has 0 N–H and O–H groups in total. The van der Waals surface area contributed by atoms with E-state index in [4.69, 9.17) is 87.0 Å². The largest absolute Gasteiger partial charge is 0.466 e. The molecule has 0 heterocycles. The smallest absolute Gasteiger partial charge is 0.314 e. The van der Waals surface area contributed by atoms with Crippen molar-refractivity contribution in [3.63, 3.8) is 0 Å². The van der Waals surface area contributed by atoms with Gasteiger partial charge in [0.15, 0.2) is 8.32 Å². The molecule has 0 fully saturated rings. The first kappa shape index (κ1) is 96.2. The fourth-order valence-electron chi connectivity index (χ4n) is 13.1. The zero-order valence-corrected chi connectivity index (χ0v) is 88.9. The Balaban J connectivity index is 5.85. The number of esters is 1. The minimum absolute atomic E-state index is 0.211. The minimum Gasteiger partial charge on any atom is -0.466 e. The second-order valence-corrected chi connectivity index (χ2v) is 113. The standard InChI is InChI=1S/C50H142O22Si21/c1-47-50(2,3)49(51)52-48-74(7,8)54-76(11,12)56-78(15,16)58-80(19,20)60-82(23,24)62-84(27,28)64-86(31,32)66-88(35,36)68-90(39,40)70-92(43,44)72-93(45,46)71-91(41,42)69-89(37,38)67-87(33,34)65-85(29,30)63-83(25,26)61-81(21,22)59-79(17,18)57-77(13,14)55-75(9,10)53-73(4,5)6/h47-48H2,1-46H3. The summed E-state index contributed by atoms with van der Waals surface area (Å²) in [7, 11) is -57.6. The van der Waals surface area contributed by atoms with Crippen LogP contribution in [0.15, 0.2) is 0 Å². The van der Waals surface area contributed by atoms with Crippen LogP contribution in [-0.2, 0) is 91.8 Å². The van der Waals surface area contributed by atoms with Crippen LogP contribution in [0.4, 0.5) is 0 Å². The van der Waals surface area contributed by atoms with E-state index in [1.807, 2.05) is 139 Å². The topological polar surface area (TPSA) is 211 Å². The van der Waals surface area contributed by atoms with Crippen molar-refractivity contribution in [2.45, 2.75) is 309 Å². The molecule has 93 heavy (non-hydrogen) atoms. The Morgan fingerprint density at radius 3 is 0.452 bits per heavy atom. The zero-order valence-electron chi connectivity index (χ0n) is 67.9. The molecule has 0 radical (unpaired) electrons. The highest BCUT2D eigenvalue weighted by molar-refractivity contribution is 6.96. The highest BCUT2D eigenvalue weighted by Gasteiger charge is 2.55. The summed E-state index contributed by atoms with van der Waals surface area (Å²) in [4.78, 5) is 12.8. The molecule has 22 nitrogen and oxygen atoms in total. The average Bonchev–Trinajstić information content (AvgIpc) is 0.812. The highest BCUT2D eigenvalue weighted by atomic mass is 28.6. The van der Waals surface area contributed by atoms with E-state index in [1.54, 1.807) is 0 Å².